The van der Waals surface area contributed by atoms with E-state index in [1.54, 1.807) is 23.5 Å². The van der Waals surface area contributed by atoms with Gasteiger partial charge in [0.05, 0.1) is 10.6 Å². The molecule has 1 aliphatic heterocycles. The van der Waals surface area contributed by atoms with Crippen LogP contribution < -0.4 is 5.32 Å². The van der Waals surface area contributed by atoms with E-state index in [0.717, 1.165) is 29.8 Å². The molecule has 1 aromatic heterocycles. The van der Waals surface area contributed by atoms with Crippen molar-refractivity contribution in [1.29, 1.82) is 0 Å². The van der Waals surface area contributed by atoms with E-state index in [9.17, 15) is 9.90 Å². The van der Waals surface area contributed by atoms with E-state index in [-0.39, 0.29) is 16.7 Å². The molecule has 2 heterocycles. The summed E-state index contributed by atoms with van der Waals surface area (Å²) >= 11 is 7.59. The quantitative estimate of drug-likeness (QED) is 0.764. The van der Waals surface area contributed by atoms with E-state index < -0.39 is 6.23 Å². The van der Waals surface area contributed by atoms with Gasteiger partial charge in [0.1, 0.15) is 10.8 Å². The van der Waals surface area contributed by atoms with Crippen molar-refractivity contribution in [3.63, 3.8) is 0 Å². The molecular weight excluding hydrogens is 322 g/mol. The van der Waals surface area contributed by atoms with Crippen LogP contribution in [0.25, 0.3) is 0 Å². The van der Waals surface area contributed by atoms with Crippen LogP contribution in [-0.2, 0) is 17.6 Å². The fraction of sp³-hybridized carbons (Fsp3) is 0.312. The van der Waals surface area contributed by atoms with Gasteiger partial charge in [-0.25, -0.2) is 4.79 Å². The Morgan fingerprint density at radius 3 is 2.95 bits per heavy atom. The van der Waals surface area contributed by atoms with Gasteiger partial charge in [-0.05, 0) is 49.4 Å². The summed E-state index contributed by atoms with van der Waals surface area (Å²) in [5.74, 6) is -0.262. The smallest absolute Gasteiger partial charge is 0.343 e. The number of hydrogen-bond donors (Lipinski definition) is 2. The summed E-state index contributed by atoms with van der Waals surface area (Å²) in [6.07, 6.45) is 3.72. The van der Waals surface area contributed by atoms with Gasteiger partial charge in [0.15, 0.2) is 0 Å². The highest BCUT2D eigenvalue weighted by Gasteiger charge is 2.33. The fourth-order valence-electron chi connectivity index (χ4n) is 3.04. The number of carbonyl (C=O) groups is 1. The number of benzene rings is 1. The van der Waals surface area contributed by atoms with Gasteiger partial charge in [-0.3, -0.25) is 0 Å². The minimum absolute atomic E-state index is 0.0137. The zero-order chi connectivity index (χ0) is 15.3. The maximum atomic E-state index is 12.4. The SMILES string of the molecule is O=C1OC(c2ccc(O)c(Cl)c2)Nc2sc3c(c21)CCCC3. The lowest BCUT2D eigenvalue weighted by atomic mass is 9.95. The molecule has 22 heavy (non-hydrogen) atoms. The standard InChI is InChI=1S/C16H14ClNO3S/c17-10-7-8(5-6-11(10)19)14-18-15-13(16(20)21-14)9-3-1-2-4-12(9)22-15/h5-7,14,18-19H,1-4H2. The highest BCUT2D eigenvalue weighted by atomic mass is 35.5. The molecule has 4 rings (SSSR count). The van der Waals surface area contributed by atoms with Gasteiger partial charge in [0.25, 0.3) is 0 Å². The average molecular weight is 336 g/mol. The Labute approximate surface area is 136 Å². The topological polar surface area (TPSA) is 58.6 Å². The molecule has 0 amide bonds. The maximum Gasteiger partial charge on any atom is 0.343 e. The number of phenols is 1. The monoisotopic (exact) mass is 335 g/mol. The van der Waals surface area contributed by atoms with E-state index in [1.165, 1.54) is 17.4 Å². The van der Waals surface area contributed by atoms with Gasteiger partial charge in [-0.1, -0.05) is 11.6 Å². The summed E-state index contributed by atoms with van der Waals surface area (Å²) in [5, 5.41) is 13.9. The molecule has 2 aliphatic rings. The highest BCUT2D eigenvalue weighted by molar-refractivity contribution is 7.16. The zero-order valence-electron chi connectivity index (χ0n) is 11.7. The van der Waals surface area contributed by atoms with Crippen molar-refractivity contribution in [2.45, 2.75) is 31.9 Å². The zero-order valence-corrected chi connectivity index (χ0v) is 13.3. The lowest BCUT2D eigenvalue weighted by Gasteiger charge is -2.25. The lowest BCUT2D eigenvalue weighted by Crippen LogP contribution is -2.25. The van der Waals surface area contributed by atoms with Gasteiger partial charge in [0, 0.05) is 10.4 Å². The van der Waals surface area contributed by atoms with Crippen molar-refractivity contribution in [2.75, 3.05) is 5.32 Å². The summed E-state index contributed by atoms with van der Waals surface area (Å²) in [4.78, 5) is 13.7. The largest absolute Gasteiger partial charge is 0.506 e. The van der Waals surface area contributed by atoms with Gasteiger partial charge in [0.2, 0.25) is 6.23 Å². The van der Waals surface area contributed by atoms with Crippen molar-refractivity contribution in [3.8, 4) is 5.75 Å². The number of phenolic OH excluding ortho intramolecular Hbond substituents is 1. The number of nitrogens with one attached hydrogen (secondary N) is 1. The number of halogens is 1. The normalized spacial score (nSPS) is 19.9. The van der Waals surface area contributed by atoms with Crippen molar-refractivity contribution in [2.24, 2.45) is 0 Å². The number of aryl methyl sites for hydroxylation is 1. The number of esters is 1. The third-order valence-electron chi connectivity index (χ3n) is 4.14. The molecule has 0 fully saturated rings. The molecule has 1 aromatic carbocycles. The van der Waals surface area contributed by atoms with E-state index >= 15 is 0 Å². The summed E-state index contributed by atoms with van der Waals surface area (Å²) in [7, 11) is 0. The van der Waals surface area contributed by atoms with E-state index in [0.29, 0.717) is 11.1 Å². The number of carbonyl (C=O) groups excluding carboxylic acids is 1. The first-order valence-corrected chi connectivity index (χ1v) is 8.43. The van der Waals surface area contributed by atoms with Crippen LogP contribution in [0.1, 0.15) is 45.4 Å². The summed E-state index contributed by atoms with van der Waals surface area (Å²) in [6, 6.07) is 4.81. The number of fused-ring (bicyclic) bond motifs is 3. The number of rotatable bonds is 1. The van der Waals surface area contributed by atoms with Crippen LogP contribution in [0.5, 0.6) is 5.75 Å². The van der Waals surface area contributed by atoms with Crippen LogP contribution in [0.2, 0.25) is 5.02 Å². The van der Waals surface area contributed by atoms with Crippen LogP contribution in [0, 0.1) is 0 Å². The minimum Gasteiger partial charge on any atom is -0.506 e. The first-order valence-electron chi connectivity index (χ1n) is 7.24. The molecule has 2 N–H and O–H groups in total. The second kappa shape index (κ2) is 5.18. The van der Waals surface area contributed by atoms with Crippen molar-refractivity contribution >= 4 is 33.9 Å². The third kappa shape index (κ3) is 2.16. The van der Waals surface area contributed by atoms with Crippen LogP contribution >= 0.6 is 22.9 Å². The number of thiophene rings is 1. The third-order valence-corrected chi connectivity index (χ3v) is 5.66. The Bertz CT molecular complexity index is 771. The molecule has 6 heteroatoms. The molecule has 0 bridgehead atoms. The van der Waals surface area contributed by atoms with Gasteiger partial charge in [-0.15, -0.1) is 11.3 Å². The number of aromatic hydroxyl groups is 1. The average Bonchev–Trinajstić information content (AvgIpc) is 2.88. The molecule has 0 saturated heterocycles. The molecular formula is C16H14ClNO3S. The Kier molecular flexibility index (Phi) is 3.27. The van der Waals surface area contributed by atoms with Crippen LogP contribution in [0.3, 0.4) is 0 Å². The Hall–Kier alpha value is -1.72. The van der Waals surface area contributed by atoms with E-state index in [4.69, 9.17) is 16.3 Å². The first kappa shape index (κ1) is 13.9. The first-order chi connectivity index (χ1) is 10.6. The molecule has 114 valence electrons. The van der Waals surface area contributed by atoms with Crippen molar-refractivity contribution in [3.05, 3.63) is 44.8 Å². The number of ether oxygens (including phenoxy) is 1. The number of hydrogen-bond acceptors (Lipinski definition) is 5. The molecule has 1 unspecified atom stereocenters. The molecule has 2 aromatic rings. The second-order valence-corrected chi connectivity index (χ2v) is 7.07. The Morgan fingerprint density at radius 1 is 1.32 bits per heavy atom. The minimum atomic E-state index is -0.571. The predicted molar refractivity (Wildman–Crippen MR) is 85.9 cm³/mol. The lowest BCUT2D eigenvalue weighted by molar-refractivity contribution is 0.0331. The molecule has 0 spiro atoms. The van der Waals surface area contributed by atoms with Crippen LogP contribution in [-0.4, -0.2) is 11.1 Å². The Balaban J connectivity index is 1.71. The molecule has 0 saturated carbocycles. The van der Waals surface area contributed by atoms with Gasteiger partial charge >= 0.3 is 5.97 Å². The summed E-state index contributed by atoms with van der Waals surface area (Å²) in [5.41, 5.74) is 2.58. The summed E-state index contributed by atoms with van der Waals surface area (Å²) in [6.45, 7) is 0. The molecule has 4 nitrogen and oxygen atoms in total. The van der Waals surface area contributed by atoms with Crippen LogP contribution in [0.4, 0.5) is 5.00 Å². The second-order valence-electron chi connectivity index (χ2n) is 5.56. The number of anilines is 1. The van der Waals surface area contributed by atoms with Crippen molar-refractivity contribution in [1.82, 2.24) is 0 Å². The van der Waals surface area contributed by atoms with E-state index in [1.807, 2.05) is 0 Å². The predicted octanol–water partition coefficient (Wildman–Crippen LogP) is 4.27. The van der Waals surface area contributed by atoms with Crippen molar-refractivity contribution < 1.29 is 14.6 Å². The fourth-order valence-corrected chi connectivity index (χ4v) is 4.52. The maximum absolute atomic E-state index is 12.4. The van der Waals surface area contributed by atoms with Gasteiger partial charge in [-0.2, -0.15) is 0 Å². The molecule has 1 atom stereocenters. The Morgan fingerprint density at radius 2 is 2.14 bits per heavy atom. The van der Waals surface area contributed by atoms with E-state index in [2.05, 4.69) is 5.32 Å². The van der Waals surface area contributed by atoms with Crippen LogP contribution in [0.15, 0.2) is 18.2 Å². The molecule has 1 aliphatic carbocycles. The number of cyclic esters (lactones) is 1. The highest BCUT2D eigenvalue weighted by Crippen LogP contribution is 2.43. The summed E-state index contributed by atoms with van der Waals surface area (Å²) < 4.78 is 5.53. The van der Waals surface area contributed by atoms with Gasteiger partial charge < -0.3 is 15.2 Å². The molecule has 0 radical (unpaired) electrons.